The van der Waals surface area contributed by atoms with E-state index in [0.717, 1.165) is 24.2 Å². The number of hydrogen-bond donors (Lipinski definition) is 0. The van der Waals surface area contributed by atoms with E-state index in [2.05, 4.69) is 63.5 Å². The van der Waals surface area contributed by atoms with Crippen LogP contribution in [-0.4, -0.2) is 21.9 Å². The van der Waals surface area contributed by atoms with Crippen molar-refractivity contribution in [3.8, 4) is 0 Å². The fourth-order valence-electron chi connectivity index (χ4n) is 4.12. The van der Waals surface area contributed by atoms with Crippen LogP contribution in [0.3, 0.4) is 0 Å². The first-order chi connectivity index (χ1) is 13.2. The molecule has 0 bridgehead atoms. The normalized spacial score (nSPS) is 16.6. The lowest BCUT2D eigenvalue weighted by atomic mass is 9.98. The summed E-state index contributed by atoms with van der Waals surface area (Å²) in [5.41, 5.74) is 3.56. The zero-order chi connectivity index (χ0) is 18.4. The second kappa shape index (κ2) is 6.66. The van der Waals surface area contributed by atoms with Crippen molar-refractivity contribution in [3.05, 3.63) is 80.3 Å². The Labute approximate surface area is 166 Å². The number of fused-ring (bicyclic) bond motifs is 2. The molecular formula is C22H20N2OS2. The monoisotopic (exact) mass is 392 g/mol. The van der Waals surface area contributed by atoms with E-state index in [1.165, 1.54) is 20.7 Å². The Balaban J connectivity index is 1.51. The van der Waals surface area contributed by atoms with Gasteiger partial charge in [-0.3, -0.25) is 4.79 Å². The predicted octanol–water partition coefficient (Wildman–Crippen LogP) is 5.25. The number of carbonyl (C=O) groups excluding carboxylic acids is 1. The van der Waals surface area contributed by atoms with Gasteiger partial charge >= 0.3 is 0 Å². The van der Waals surface area contributed by atoms with Gasteiger partial charge < -0.3 is 9.47 Å². The number of rotatable bonds is 3. The average Bonchev–Trinajstić information content (AvgIpc) is 3.41. The number of amides is 1. The lowest BCUT2D eigenvalue weighted by Gasteiger charge is -2.35. The molecule has 1 aliphatic heterocycles. The molecule has 3 nitrogen and oxygen atoms in total. The number of para-hydroxylation sites is 1. The molecule has 1 atom stereocenters. The Morgan fingerprint density at radius 1 is 1.11 bits per heavy atom. The molecule has 1 amide bonds. The van der Waals surface area contributed by atoms with E-state index in [1.807, 2.05) is 23.5 Å². The van der Waals surface area contributed by atoms with Gasteiger partial charge in [-0.1, -0.05) is 24.3 Å². The zero-order valence-corrected chi connectivity index (χ0v) is 16.7. The van der Waals surface area contributed by atoms with Crippen molar-refractivity contribution >= 4 is 39.5 Å². The highest BCUT2D eigenvalue weighted by atomic mass is 32.1. The molecule has 3 aromatic heterocycles. The van der Waals surface area contributed by atoms with Crippen LogP contribution in [0.4, 0.5) is 0 Å². The number of hydrogen-bond acceptors (Lipinski definition) is 3. The molecule has 0 saturated heterocycles. The van der Waals surface area contributed by atoms with E-state index in [1.54, 1.807) is 11.3 Å². The minimum atomic E-state index is 0.0506. The summed E-state index contributed by atoms with van der Waals surface area (Å²) in [6, 6.07) is 16.9. The Morgan fingerprint density at radius 3 is 2.85 bits per heavy atom. The molecule has 1 unspecified atom stereocenters. The maximum Gasteiger partial charge on any atom is 0.243 e. The van der Waals surface area contributed by atoms with Crippen LogP contribution in [0.2, 0.25) is 0 Å². The molecule has 27 heavy (non-hydrogen) atoms. The van der Waals surface area contributed by atoms with Crippen molar-refractivity contribution in [1.29, 1.82) is 0 Å². The third-order valence-electron chi connectivity index (χ3n) is 5.41. The number of thiophene rings is 2. The molecule has 4 heterocycles. The zero-order valence-electron chi connectivity index (χ0n) is 15.1. The highest BCUT2D eigenvalue weighted by Gasteiger charge is 2.33. The highest BCUT2D eigenvalue weighted by Crippen LogP contribution is 2.39. The smallest absolute Gasteiger partial charge is 0.243 e. The van der Waals surface area contributed by atoms with Gasteiger partial charge in [-0.25, -0.2) is 0 Å². The first-order valence-electron chi connectivity index (χ1n) is 9.16. The lowest BCUT2D eigenvalue weighted by Crippen LogP contribution is -2.41. The molecule has 5 heteroatoms. The molecule has 0 spiro atoms. The minimum Gasteiger partial charge on any atom is -0.335 e. The first-order valence-corrected chi connectivity index (χ1v) is 10.9. The number of benzene rings is 1. The minimum absolute atomic E-state index is 0.0506. The summed E-state index contributed by atoms with van der Waals surface area (Å²) < 4.78 is 2.15. The van der Waals surface area contributed by atoms with Gasteiger partial charge in [0.1, 0.15) is 6.54 Å². The second-order valence-electron chi connectivity index (χ2n) is 6.98. The van der Waals surface area contributed by atoms with Crippen LogP contribution < -0.4 is 0 Å². The number of aryl methyl sites for hydroxylation is 1. The fourth-order valence-corrected chi connectivity index (χ4v) is 5.88. The molecule has 0 radical (unpaired) electrons. The van der Waals surface area contributed by atoms with Crippen molar-refractivity contribution in [2.45, 2.75) is 25.9 Å². The van der Waals surface area contributed by atoms with Gasteiger partial charge in [-0.05, 0) is 59.3 Å². The standard InChI is InChI=1S/C22H20N2OS2/c1-15-13-16-5-2-3-6-18(16)24(15)14-21(25)23-10-8-19-17(9-12-27-19)22(23)20-7-4-11-26-20/h2-7,9,11-13,22H,8,10,14H2,1H3. The molecule has 4 aromatic rings. The van der Waals surface area contributed by atoms with Crippen LogP contribution in [0.15, 0.2) is 59.3 Å². The van der Waals surface area contributed by atoms with Crippen molar-refractivity contribution in [2.75, 3.05) is 6.54 Å². The number of nitrogens with zero attached hydrogens (tertiary/aromatic N) is 2. The van der Waals surface area contributed by atoms with Crippen LogP contribution >= 0.6 is 22.7 Å². The molecule has 0 saturated carbocycles. The molecule has 5 rings (SSSR count). The summed E-state index contributed by atoms with van der Waals surface area (Å²) >= 11 is 3.55. The van der Waals surface area contributed by atoms with Gasteiger partial charge in [0.25, 0.3) is 0 Å². The van der Waals surface area contributed by atoms with E-state index in [9.17, 15) is 4.79 Å². The maximum absolute atomic E-state index is 13.4. The van der Waals surface area contributed by atoms with Crippen LogP contribution in [0.25, 0.3) is 10.9 Å². The van der Waals surface area contributed by atoms with E-state index in [-0.39, 0.29) is 11.9 Å². The second-order valence-corrected chi connectivity index (χ2v) is 8.96. The van der Waals surface area contributed by atoms with Gasteiger partial charge in [-0.2, -0.15) is 0 Å². The molecule has 1 aromatic carbocycles. The Morgan fingerprint density at radius 2 is 2.00 bits per heavy atom. The molecule has 0 N–H and O–H groups in total. The van der Waals surface area contributed by atoms with E-state index in [4.69, 9.17) is 0 Å². The van der Waals surface area contributed by atoms with E-state index >= 15 is 0 Å². The largest absolute Gasteiger partial charge is 0.335 e. The Kier molecular flexibility index (Phi) is 4.14. The van der Waals surface area contributed by atoms with Crippen LogP contribution in [0.1, 0.15) is 27.1 Å². The molecule has 0 fully saturated rings. The molecule has 1 aliphatic rings. The molecular weight excluding hydrogens is 372 g/mol. The van der Waals surface area contributed by atoms with Crippen LogP contribution in [0, 0.1) is 6.92 Å². The van der Waals surface area contributed by atoms with Gasteiger partial charge in [-0.15, -0.1) is 22.7 Å². The third-order valence-corrected chi connectivity index (χ3v) is 7.33. The summed E-state index contributed by atoms with van der Waals surface area (Å²) in [5.74, 6) is 0.190. The van der Waals surface area contributed by atoms with Crippen LogP contribution in [0.5, 0.6) is 0 Å². The highest BCUT2D eigenvalue weighted by molar-refractivity contribution is 7.10. The summed E-state index contributed by atoms with van der Waals surface area (Å²) in [6.45, 7) is 3.26. The predicted molar refractivity (Wildman–Crippen MR) is 113 cm³/mol. The molecule has 136 valence electrons. The van der Waals surface area contributed by atoms with Crippen molar-refractivity contribution in [3.63, 3.8) is 0 Å². The average molecular weight is 393 g/mol. The summed E-state index contributed by atoms with van der Waals surface area (Å²) in [7, 11) is 0. The summed E-state index contributed by atoms with van der Waals surface area (Å²) in [4.78, 5) is 18.2. The SMILES string of the molecule is Cc1cc2ccccc2n1CC(=O)N1CCc2sccc2C1c1cccs1. The van der Waals surface area contributed by atoms with Gasteiger partial charge in [0.2, 0.25) is 5.91 Å². The van der Waals surface area contributed by atoms with E-state index in [0.29, 0.717) is 6.54 Å². The number of carbonyl (C=O) groups is 1. The van der Waals surface area contributed by atoms with E-state index < -0.39 is 0 Å². The van der Waals surface area contributed by atoms with Crippen molar-refractivity contribution in [1.82, 2.24) is 9.47 Å². The quantitative estimate of drug-likeness (QED) is 0.468. The first kappa shape index (κ1) is 16.8. The topological polar surface area (TPSA) is 25.2 Å². The lowest BCUT2D eigenvalue weighted by molar-refractivity contribution is -0.133. The summed E-state index contributed by atoms with van der Waals surface area (Å²) in [6.07, 6.45) is 0.950. The number of aromatic nitrogens is 1. The Bertz CT molecular complexity index is 1110. The third kappa shape index (κ3) is 2.82. The Hall–Kier alpha value is -2.37. The molecule has 0 aliphatic carbocycles. The summed E-state index contributed by atoms with van der Waals surface area (Å²) in [5, 5.41) is 5.45. The van der Waals surface area contributed by atoms with Gasteiger partial charge in [0.15, 0.2) is 0 Å². The maximum atomic E-state index is 13.4. The van der Waals surface area contributed by atoms with Gasteiger partial charge in [0.05, 0.1) is 6.04 Å². The van der Waals surface area contributed by atoms with Crippen molar-refractivity contribution < 1.29 is 4.79 Å². The van der Waals surface area contributed by atoms with Crippen LogP contribution in [-0.2, 0) is 17.8 Å². The van der Waals surface area contributed by atoms with Crippen molar-refractivity contribution in [2.24, 2.45) is 0 Å². The van der Waals surface area contributed by atoms with Gasteiger partial charge in [0, 0.05) is 27.5 Å². The fraction of sp³-hybridized carbons (Fsp3) is 0.227.